The minimum atomic E-state index is -1.00. The van der Waals surface area contributed by atoms with Crippen LogP contribution in [0.25, 0.3) is 0 Å². The van der Waals surface area contributed by atoms with Crippen LogP contribution in [-0.4, -0.2) is 34.2 Å². The average Bonchev–Trinajstić information content (AvgIpc) is 1.99. The number of carbonyl (C=O) groups is 1. The Hall–Kier alpha value is -0.330. The highest BCUT2D eigenvalue weighted by molar-refractivity contribution is 8.23. The molecule has 0 fully saturated rings. The summed E-state index contributed by atoms with van der Waals surface area (Å²) in [6.45, 7) is 0. The summed E-state index contributed by atoms with van der Waals surface area (Å²) in [6.07, 6.45) is 0. The van der Waals surface area contributed by atoms with Gasteiger partial charge in [0, 0.05) is 12.8 Å². The van der Waals surface area contributed by atoms with Gasteiger partial charge < -0.3 is 16.2 Å². The molecule has 0 heterocycles. The first kappa shape index (κ1) is 10.7. The lowest BCUT2D eigenvalue weighted by Crippen LogP contribution is -2.33. The fraction of sp³-hybridized carbons (Fsp3) is 0.600. The van der Waals surface area contributed by atoms with Crippen molar-refractivity contribution >= 4 is 34.3 Å². The fourth-order valence-corrected chi connectivity index (χ4v) is 1.13. The monoisotopic (exact) mass is 194 g/mol. The Morgan fingerprint density at radius 2 is 2.45 bits per heavy atom. The molecule has 0 rings (SSSR count). The Labute approximate surface area is 74.5 Å². The molecule has 0 spiro atoms. The largest absolute Gasteiger partial charge is 0.480 e. The van der Waals surface area contributed by atoms with Crippen molar-refractivity contribution in [2.45, 2.75) is 6.04 Å². The van der Waals surface area contributed by atoms with Crippen molar-refractivity contribution in [3.63, 3.8) is 0 Å². The van der Waals surface area contributed by atoms with E-state index in [1.807, 2.05) is 0 Å². The van der Waals surface area contributed by atoms with Crippen molar-refractivity contribution in [1.29, 1.82) is 0 Å². The lowest BCUT2D eigenvalue weighted by molar-refractivity contribution is -0.137. The normalized spacial score (nSPS) is 12.2. The smallest absolute Gasteiger partial charge is 0.321 e. The van der Waals surface area contributed by atoms with Crippen LogP contribution in [0.1, 0.15) is 0 Å². The molecule has 0 aliphatic rings. The number of nitrogens with two attached hydrogens (primary N) is 1. The third kappa shape index (κ3) is 5.00. The van der Waals surface area contributed by atoms with Gasteiger partial charge in [-0.2, -0.15) is 0 Å². The fourth-order valence-electron chi connectivity index (χ4n) is 0.309. The molecular formula is C5H10N2O2S2. The first-order valence-electron chi connectivity index (χ1n) is 2.90. The van der Waals surface area contributed by atoms with E-state index in [2.05, 4.69) is 5.32 Å². The van der Waals surface area contributed by atoms with Gasteiger partial charge in [0.15, 0.2) is 0 Å². The summed E-state index contributed by atoms with van der Waals surface area (Å²) < 4.78 is 0.557. The van der Waals surface area contributed by atoms with E-state index in [0.717, 1.165) is 0 Å². The molecule has 4 N–H and O–H groups in total. The molecule has 11 heavy (non-hydrogen) atoms. The number of hydrogen-bond donors (Lipinski definition) is 3. The number of thioether (sulfide) groups is 1. The molecule has 0 aromatic rings. The molecule has 1 atom stereocenters. The summed E-state index contributed by atoms with van der Waals surface area (Å²) in [5.74, 6) is -0.703. The molecular weight excluding hydrogens is 184 g/mol. The number of thiocarbonyl (C=S) groups is 1. The summed E-state index contributed by atoms with van der Waals surface area (Å²) in [5, 5.41) is 11.1. The van der Waals surface area contributed by atoms with Gasteiger partial charge in [-0.1, -0.05) is 24.0 Å². The lowest BCUT2D eigenvalue weighted by atomic mass is 10.4. The van der Waals surface area contributed by atoms with Crippen LogP contribution in [-0.2, 0) is 4.79 Å². The van der Waals surface area contributed by atoms with E-state index >= 15 is 0 Å². The first-order valence-corrected chi connectivity index (χ1v) is 4.30. The van der Waals surface area contributed by atoms with Crippen LogP contribution < -0.4 is 11.1 Å². The van der Waals surface area contributed by atoms with Gasteiger partial charge in [-0.15, -0.1) is 0 Å². The molecule has 0 saturated heterocycles. The Morgan fingerprint density at radius 1 is 1.91 bits per heavy atom. The molecule has 1 unspecified atom stereocenters. The van der Waals surface area contributed by atoms with E-state index in [1.54, 1.807) is 7.05 Å². The minimum absolute atomic E-state index is 0.301. The number of nitrogens with one attached hydrogen (secondary N) is 1. The first-order chi connectivity index (χ1) is 5.07. The van der Waals surface area contributed by atoms with Crippen molar-refractivity contribution in [1.82, 2.24) is 5.32 Å². The number of carboxylic acid groups (broad SMARTS) is 1. The standard InChI is InChI=1S/C5H10N2O2S2/c1-7-5(10)11-2-3(6)4(8)9/h3H,2,6H2,1H3,(H,7,10)(H,8,9). The van der Waals surface area contributed by atoms with Crippen LogP contribution in [0.2, 0.25) is 0 Å². The van der Waals surface area contributed by atoms with Gasteiger partial charge in [-0.05, 0) is 0 Å². The van der Waals surface area contributed by atoms with Gasteiger partial charge in [0.1, 0.15) is 10.4 Å². The molecule has 64 valence electrons. The Morgan fingerprint density at radius 3 is 2.82 bits per heavy atom. The lowest BCUT2D eigenvalue weighted by Gasteiger charge is -2.05. The minimum Gasteiger partial charge on any atom is -0.480 e. The van der Waals surface area contributed by atoms with Crippen molar-refractivity contribution in [3.05, 3.63) is 0 Å². The maximum atomic E-state index is 10.2. The van der Waals surface area contributed by atoms with E-state index in [-0.39, 0.29) is 0 Å². The van der Waals surface area contributed by atoms with Crippen molar-refractivity contribution in [2.75, 3.05) is 12.8 Å². The van der Waals surface area contributed by atoms with E-state index < -0.39 is 12.0 Å². The van der Waals surface area contributed by atoms with Gasteiger partial charge in [0.25, 0.3) is 0 Å². The second-order valence-corrected chi connectivity index (χ2v) is 3.49. The molecule has 0 aliphatic heterocycles. The van der Waals surface area contributed by atoms with Crippen LogP contribution in [0, 0.1) is 0 Å². The van der Waals surface area contributed by atoms with Gasteiger partial charge in [0.05, 0.1) is 0 Å². The zero-order chi connectivity index (χ0) is 8.85. The topological polar surface area (TPSA) is 75.3 Å². The Bertz CT molecular complexity index is 163. The predicted molar refractivity (Wildman–Crippen MR) is 49.7 cm³/mol. The highest BCUT2D eigenvalue weighted by Gasteiger charge is 2.11. The predicted octanol–water partition coefficient (Wildman–Crippen LogP) is -0.364. The third-order valence-electron chi connectivity index (χ3n) is 0.915. The molecule has 6 heteroatoms. The van der Waals surface area contributed by atoms with E-state index in [4.69, 9.17) is 23.1 Å². The van der Waals surface area contributed by atoms with Gasteiger partial charge >= 0.3 is 5.97 Å². The molecule has 0 bridgehead atoms. The van der Waals surface area contributed by atoms with Crippen molar-refractivity contribution in [3.8, 4) is 0 Å². The van der Waals surface area contributed by atoms with Crippen molar-refractivity contribution < 1.29 is 9.90 Å². The van der Waals surface area contributed by atoms with Crippen molar-refractivity contribution in [2.24, 2.45) is 5.73 Å². The third-order valence-corrected chi connectivity index (χ3v) is 2.47. The summed E-state index contributed by atoms with van der Waals surface area (Å²) in [5.41, 5.74) is 5.21. The Balaban J connectivity index is 3.54. The zero-order valence-corrected chi connectivity index (χ0v) is 7.67. The molecule has 4 nitrogen and oxygen atoms in total. The summed E-state index contributed by atoms with van der Waals surface area (Å²) in [6, 6.07) is -0.841. The average molecular weight is 194 g/mol. The highest BCUT2D eigenvalue weighted by atomic mass is 32.2. The van der Waals surface area contributed by atoms with Gasteiger partial charge in [-0.25, -0.2) is 0 Å². The molecule has 0 radical (unpaired) electrons. The van der Waals surface area contributed by atoms with Crippen LogP contribution >= 0.6 is 24.0 Å². The quantitative estimate of drug-likeness (QED) is 0.533. The zero-order valence-electron chi connectivity index (χ0n) is 6.03. The van der Waals surface area contributed by atoms with Crippen LogP contribution in [0.15, 0.2) is 0 Å². The maximum absolute atomic E-state index is 10.2. The second kappa shape index (κ2) is 5.34. The highest BCUT2D eigenvalue weighted by Crippen LogP contribution is 2.02. The van der Waals surface area contributed by atoms with E-state index in [9.17, 15) is 4.79 Å². The van der Waals surface area contributed by atoms with Crippen LogP contribution in [0.4, 0.5) is 0 Å². The second-order valence-electron chi connectivity index (χ2n) is 1.79. The summed E-state index contributed by atoms with van der Waals surface area (Å²) in [7, 11) is 1.68. The SMILES string of the molecule is CNC(=S)SCC(N)C(=O)O. The Kier molecular flexibility index (Phi) is 5.18. The van der Waals surface area contributed by atoms with Gasteiger partial charge in [-0.3, -0.25) is 4.79 Å². The molecule has 0 amide bonds. The number of hydrogen-bond acceptors (Lipinski definition) is 4. The van der Waals surface area contributed by atoms with Crippen LogP contribution in [0.3, 0.4) is 0 Å². The van der Waals surface area contributed by atoms with E-state index in [1.165, 1.54) is 11.8 Å². The van der Waals surface area contributed by atoms with Crippen LogP contribution in [0.5, 0.6) is 0 Å². The number of aliphatic carboxylic acids is 1. The molecule has 0 saturated carbocycles. The maximum Gasteiger partial charge on any atom is 0.321 e. The number of carboxylic acids is 1. The summed E-state index contributed by atoms with van der Waals surface area (Å²) in [4.78, 5) is 10.2. The summed E-state index contributed by atoms with van der Waals surface area (Å²) >= 11 is 5.99. The molecule has 0 aliphatic carbocycles. The molecule has 0 aromatic heterocycles. The van der Waals surface area contributed by atoms with Gasteiger partial charge in [0.2, 0.25) is 0 Å². The number of rotatable bonds is 3. The van der Waals surface area contributed by atoms with E-state index in [0.29, 0.717) is 10.1 Å². The molecule has 0 aromatic carbocycles.